The first kappa shape index (κ1) is 20.3. The van der Waals surface area contributed by atoms with Gasteiger partial charge in [0.2, 0.25) is 0 Å². The van der Waals surface area contributed by atoms with E-state index < -0.39 is 7.60 Å². The lowest BCUT2D eigenvalue weighted by atomic mass is 9.84. The van der Waals surface area contributed by atoms with Crippen molar-refractivity contribution in [3.63, 3.8) is 0 Å². The first-order chi connectivity index (χ1) is 13.5. The van der Waals surface area contributed by atoms with Crippen LogP contribution >= 0.6 is 7.60 Å². The number of ether oxygens (including phenoxy) is 1. The van der Waals surface area contributed by atoms with Gasteiger partial charge in [-0.2, -0.15) is 0 Å². The second-order valence-electron chi connectivity index (χ2n) is 6.66. The number of allylic oxidation sites excluding steroid dienone is 5. The maximum absolute atomic E-state index is 13.6. The van der Waals surface area contributed by atoms with E-state index in [9.17, 15) is 4.57 Å². The molecule has 146 valence electrons. The van der Waals surface area contributed by atoms with E-state index in [1.807, 2.05) is 86.7 Å². The molecular formula is C23H25O4P. The van der Waals surface area contributed by atoms with E-state index in [0.29, 0.717) is 16.8 Å². The summed E-state index contributed by atoms with van der Waals surface area (Å²) < 4.78 is 30.6. The molecule has 0 amide bonds. The van der Waals surface area contributed by atoms with Crippen molar-refractivity contribution < 1.29 is 18.3 Å². The Hall–Kier alpha value is -2.39. The van der Waals surface area contributed by atoms with Gasteiger partial charge in [-0.25, -0.2) is 0 Å². The molecule has 0 radical (unpaired) electrons. The molecule has 4 nitrogen and oxygen atoms in total. The summed E-state index contributed by atoms with van der Waals surface area (Å²) in [6.07, 6.45) is 3.86. The van der Waals surface area contributed by atoms with Crippen LogP contribution in [0, 0.1) is 0 Å². The second-order valence-corrected chi connectivity index (χ2v) is 8.87. The predicted molar refractivity (Wildman–Crippen MR) is 112 cm³/mol. The molecule has 0 saturated heterocycles. The van der Waals surface area contributed by atoms with Crippen LogP contribution < -0.4 is 4.74 Å². The van der Waals surface area contributed by atoms with Crippen LogP contribution in [0.3, 0.4) is 0 Å². The fourth-order valence-corrected chi connectivity index (χ4v) is 4.88. The molecule has 1 unspecified atom stereocenters. The topological polar surface area (TPSA) is 44.8 Å². The summed E-state index contributed by atoms with van der Waals surface area (Å²) in [7, 11) is -0.774. The Morgan fingerprint density at radius 2 is 1.43 bits per heavy atom. The molecule has 0 N–H and O–H groups in total. The highest BCUT2D eigenvalue weighted by Gasteiger charge is 2.41. The molecule has 1 aliphatic rings. The molecule has 1 aliphatic carbocycles. The average molecular weight is 396 g/mol. The van der Waals surface area contributed by atoms with Crippen LogP contribution in [-0.2, 0) is 13.6 Å². The summed E-state index contributed by atoms with van der Waals surface area (Å²) >= 11 is 0. The van der Waals surface area contributed by atoms with Gasteiger partial charge in [-0.05, 0) is 43.2 Å². The quantitative estimate of drug-likeness (QED) is 0.526. The van der Waals surface area contributed by atoms with E-state index in [1.165, 1.54) is 14.2 Å². The number of benzene rings is 2. The third kappa shape index (κ3) is 4.05. The molecule has 2 aromatic carbocycles. The van der Waals surface area contributed by atoms with Gasteiger partial charge in [-0.3, -0.25) is 4.57 Å². The van der Waals surface area contributed by atoms with Crippen molar-refractivity contribution >= 4 is 7.60 Å². The highest BCUT2D eigenvalue weighted by Crippen LogP contribution is 2.63. The van der Waals surface area contributed by atoms with Crippen LogP contribution in [0.1, 0.15) is 25.3 Å². The fraction of sp³-hybridized carbons (Fsp3) is 0.217. The van der Waals surface area contributed by atoms with Crippen LogP contribution in [0.15, 0.2) is 95.0 Å². The molecule has 0 aromatic heterocycles. The Bertz CT molecular complexity index is 947. The summed E-state index contributed by atoms with van der Waals surface area (Å²) in [6.45, 7) is 4.08. The summed E-state index contributed by atoms with van der Waals surface area (Å²) in [5.41, 5.74) is 3.18. The van der Waals surface area contributed by atoms with Crippen LogP contribution in [0.25, 0.3) is 0 Å². The molecule has 0 aliphatic heterocycles. The Morgan fingerprint density at radius 3 is 1.96 bits per heavy atom. The number of hydrogen-bond acceptors (Lipinski definition) is 4. The lowest BCUT2D eigenvalue weighted by Gasteiger charge is -2.31. The zero-order valence-corrected chi connectivity index (χ0v) is 17.5. The zero-order chi connectivity index (χ0) is 20.1. The minimum absolute atomic E-state index is 0.291. The van der Waals surface area contributed by atoms with Crippen molar-refractivity contribution in [1.82, 2.24) is 0 Å². The van der Waals surface area contributed by atoms with Gasteiger partial charge in [0.05, 0.1) is 5.31 Å². The Morgan fingerprint density at radius 1 is 0.857 bits per heavy atom. The van der Waals surface area contributed by atoms with Gasteiger partial charge in [0, 0.05) is 20.1 Å². The van der Waals surface area contributed by atoms with E-state index in [4.69, 9.17) is 13.8 Å². The number of para-hydroxylation sites is 1. The third-order valence-corrected chi connectivity index (χ3v) is 6.74. The molecule has 0 fully saturated rings. The van der Waals surface area contributed by atoms with E-state index in [2.05, 4.69) is 0 Å². The van der Waals surface area contributed by atoms with Crippen molar-refractivity contribution in [1.29, 1.82) is 0 Å². The van der Waals surface area contributed by atoms with Crippen molar-refractivity contribution in [2.24, 2.45) is 0 Å². The summed E-state index contributed by atoms with van der Waals surface area (Å²) in [5.74, 6) is 0.851. The van der Waals surface area contributed by atoms with Crippen LogP contribution in [0.4, 0.5) is 0 Å². The number of hydrogen-bond donors (Lipinski definition) is 0. The molecule has 1 atom stereocenters. The fourth-order valence-electron chi connectivity index (χ4n) is 3.34. The SMILES string of the molecule is COP(=O)(OC)C1=C(Oc2ccccc2)C=CC(=C(C)C)C1c1ccccc1. The maximum Gasteiger partial charge on any atom is 0.361 e. The van der Waals surface area contributed by atoms with Gasteiger partial charge >= 0.3 is 7.60 Å². The van der Waals surface area contributed by atoms with Gasteiger partial charge in [0.25, 0.3) is 0 Å². The second kappa shape index (κ2) is 8.74. The Kier molecular flexibility index (Phi) is 6.35. The van der Waals surface area contributed by atoms with E-state index in [0.717, 1.165) is 16.7 Å². The minimum Gasteiger partial charge on any atom is -0.457 e. The molecule has 28 heavy (non-hydrogen) atoms. The Labute approximate surface area is 166 Å². The molecular weight excluding hydrogens is 371 g/mol. The molecule has 2 aromatic rings. The molecule has 0 saturated carbocycles. The van der Waals surface area contributed by atoms with Gasteiger partial charge in [-0.15, -0.1) is 0 Å². The lowest BCUT2D eigenvalue weighted by Crippen LogP contribution is -2.16. The van der Waals surface area contributed by atoms with E-state index in [-0.39, 0.29) is 5.92 Å². The predicted octanol–water partition coefficient (Wildman–Crippen LogP) is 6.45. The van der Waals surface area contributed by atoms with Gasteiger partial charge in [0.15, 0.2) is 0 Å². The average Bonchev–Trinajstić information content (AvgIpc) is 2.74. The summed E-state index contributed by atoms with van der Waals surface area (Å²) in [4.78, 5) is 0. The van der Waals surface area contributed by atoms with Crippen LogP contribution in [-0.4, -0.2) is 14.2 Å². The lowest BCUT2D eigenvalue weighted by molar-refractivity contribution is 0.279. The smallest absolute Gasteiger partial charge is 0.361 e. The number of rotatable bonds is 6. The molecule has 0 bridgehead atoms. The van der Waals surface area contributed by atoms with Crippen molar-refractivity contribution in [3.05, 3.63) is 101 Å². The largest absolute Gasteiger partial charge is 0.457 e. The van der Waals surface area contributed by atoms with Crippen LogP contribution in [0.5, 0.6) is 5.75 Å². The molecule has 5 heteroatoms. The zero-order valence-electron chi connectivity index (χ0n) is 16.6. The maximum atomic E-state index is 13.6. The summed E-state index contributed by atoms with van der Waals surface area (Å²) in [6, 6.07) is 19.4. The summed E-state index contributed by atoms with van der Waals surface area (Å²) in [5, 5.41) is 0.506. The van der Waals surface area contributed by atoms with Gasteiger partial charge in [0.1, 0.15) is 11.5 Å². The highest BCUT2D eigenvalue weighted by atomic mass is 31.2. The van der Waals surface area contributed by atoms with E-state index in [1.54, 1.807) is 0 Å². The van der Waals surface area contributed by atoms with Crippen molar-refractivity contribution in [2.75, 3.05) is 14.2 Å². The van der Waals surface area contributed by atoms with Crippen molar-refractivity contribution in [2.45, 2.75) is 19.8 Å². The third-order valence-electron chi connectivity index (χ3n) is 4.71. The molecule has 0 spiro atoms. The van der Waals surface area contributed by atoms with Gasteiger partial charge < -0.3 is 13.8 Å². The first-order valence-electron chi connectivity index (χ1n) is 9.09. The minimum atomic E-state index is -3.58. The Balaban J connectivity index is 2.26. The van der Waals surface area contributed by atoms with Crippen molar-refractivity contribution in [3.8, 4) is 5.75 Å². The highest BCUT2D eigenvalue weighted by molar-refractivity contribution is 7.58. The van der Waals surface area contributed by atoms with E-state index >= 15 is 0 Å². The first-order valence-corrected chi connectivity index (χ1v) is 10.6. The van der Waals surface area contributed by atoms with Crippen LogP contribution in [0.2, 0.25) is 0 Å². The normalized spacial score (nSPS) is 17.0. The molecule has 3 rings (SSSR count). The molecule has 0 heterocycles. The van der Waals surface area contributed by atoms with Gasteiger partial charge in [-0.1, -0.05) is 60.2 Å². The monoisotopic (exact) mass is 396 g/mol. The standard InChI is InChI=1S/C23H25O4P/c1-17(2)20-15-16-21(27-19-13-9-6-10-14-19)23(28(24,25-3)26-4)22(20)18-11-7-5-8-12-18/h5-16,22H,1-4H3.